The molecule has 2 amide bonds. The fourth-order valence-electron chi connectivity index (χ4n) is 2.15. The zero-order chi connectivity index (χ0) is 16.1. The highest BCUT2D eigenvalue weighted by molar-refractivity contribution is 8.17. The molecule has 1 fully saturated rings. The number of aromatic nitrogens is 1. The number of nitrogens with zero attached hydrogens (tertiary/aromatic N) is 2. The van der Waals surface area contributed by atoms with Crippen LogP contribution in [0, 0.1) is 0 Å². The third kappa shape index (κ3) is 4.17. The quantitative estimate of drug-likeness (QED) is 0.872. The first kappa shape index (κ1) is 17.6. The molecular formula is C14H21N3O2S3. The van der Waals surface area contributed by atoms with Crippen LogP contribution in [-0.2, 0) is 4.79 Å². The number of carbonyl (C=O) groups excluding carboxylic acids is 2. The molecule has 0 spiro atoms. The van der Waals surface area contributed by atoms with Crippen molar-refractivity contribution < 1.29 is 9.59 Å². The average Bonchev–Trinajstić information content (AvgIpc) is 2.92. The Balaban J connectivity index is 2.33. The molecule has 1 aliphatic heterocycles. The topological polar surface area (TPSA) is 62.3 Å². The maximum atomic E-state index is 12.7. The number of nitrogens with one attached hydrogen (secondary N) is 1. The third-order valence-electron chi connectivity index (χ3n) is 3.23. The summed E-state index contributed by atoms with van der Waals surface area (Å²) in [5, 5.41) is 3.23. The molecule has 1 saturated heterocycles. The lowest BCUT2D eigenvalue weighted by atomic mass is 10.3. The van der Waals surface area contributed by atoms with E-state index in [1.807, 2.05) is 37.4 Å². The number of anilines is 1. The highest BCUT2D eigenvalue weighted by atomic mass is 32.2. The fraction of sp³-hybridized carbons (Fsp3) is 0.643. The van der Waals surface area contributed by atoms with Crippen LogP contribution in [0.4, 0.5) is 5.13 Å². The molecular weight excluding hydrogens is 338 g/mol. The van der Waals surface area contributed by atoms with Crippen LogP contribution in [0.1, 0.15) is 47.1 Å². The fourth-order valence-corrected chi connectivity index (χ4v) is 6.43. The van der Waals surface area contributed by atoms with Crippen molar-refractivity contribution >= 4 is 51.8 Å². The van der Waals surface area contributed by atoms with Gasteiger partial charge in [-0.2, -0.15) is 0 Å². The van der Waals surface area contributed by atoms with E-state index in [1.165, 1.54) is 24.7 Å². The molecule has 5 nitrogen and oxygen atoms in total. The van der Waals surface area contributed by atoms with Crippen molar-refractivity contribution in [1.82, 2.24) is 9.88 Å². The van der Waals surface area contributed by atoms with Crippen molar-refractivity contribution in [2.75, 3.05) is 29.9 Å². The van der Waals surface area contributed by atoms with E-state index in [-0.39, 0.29) is 16.4 Å². The van der Waals surface area contributed by atoms with Gasteiger partial charge in [-0.3, -0.25) is 9.59 Å². The van der Waals surface area contributed by atoms with Crippen molar-refractivity contribution in [2.45, 2.75) is 31.8 Å². The molecule has 1 aromatic heterocycles. The lowest BCUT2D eigenvalue weighted by molar-refractivity contribution is -0.114. The number of carbonyl (C=O) groups is 2. The highest BCUT2D eigenvalue weighted by Crippen LogP contribution is 2.47. The molecule has 0 bridgehead atoms. The number of hydrogen-bond donors (Lipinski definition) is 1. The van der Waals surface area contributed by atoms with Crippen LogP contribution < -0.4 is 5.32 Å². The summed E-state index contributed by atoms with van der Waals surface area (Å²) >= 11 is 5.14. The largest absolute Gasteiger partial charge is 0.338 e. The Morgan fingerprint density at radius 1 is 1.27 bits per heavy atom. The minimum atomic E-state index is -0.161. The zero-order valence-electron chi connectivity index (χ0n) is 13.0. The van der Waals surface area contributed by atoms with Gasteiger partial charge < -0.3 is 10.2 Å². The van der Waals surface area contributed by atoms with Crippen LogP contribution in [0.15, 0.2) is 0 Å². The summed E-state index contributed by atoms with van der Waals surface area (Å²) in [5.74, 6) is 2.00. The van der Waals surface area contributed by atoms with Crippen LogP contribution in [0.2, 0.25) is 0 Å². The van der Waals surface area contributed by atoms with Crippen molar-refractivity contribution in [3.05, 3.63) is 10.6 Å². The van der Waals surface area contributed by atoms with Gasteiger partial charge in [0, 0.05) is 20.0 Å². The van der Waals surface area contributed by atoms with Crippen LogP contribution >= 0.6 is 34.9 Å². The van der Waals surface area contributed by atoms with Crippen molar-refractivity contribution in [3.63, 3.8) is 0 Å². The molecule has 0 atom stereocenters. The second-order valence-corrected chi connectivity index (χ2v) is 8.57. The van der Waals surface area contributed by atoms with Gasteiger partial charge in [-0.25, -0.2) is 4.98 Å². The van der Waals surface area contributed by atoms with Gasteiger partial charge in [-0.05, 0) is 31.8 Å². The smallest absolute Gasteiger partial charge is 0.273 e. The average molecular weight is 360 g/mol. The van der Waals surface area contributed by atoms with Crippen LogP contribution in [0.25, 0.3) is 0 Å². The molecule has 1 aromatic rings. The Hall–Kier alpha value is -0.730. The summed E-state index contributed by atoms with van der Waals surface area (Å²) in [6.45, 7) is 6.70. The third-order valence-corrected chi connectivity index (χ3v) is 7.51. The van der Waals surface area contributed by atoms with E-state index in [4.69, 9.17) is 0 Å². The van der Waals surface area contributed by atoms with Crippen molar-refractivity contribution in [1.29, 1.82) is 0 Å². The molecule has 0 saturated carbocycles. The summed E-state index contributed by atoms with van der Waals surface area (Å²) in [5.41, 5.74) is 0.504. The van der Waals surface area contributed by atoms with Gasteiger partial charge in [0.1, 0.15) is 5.69 Å². The zero-order valence-corrected chi connectivity index (χ0v) is 15.5. The minimum absolute atomic E-state index is 0.0420. The lowest BCUT2D eigenvalue weighted by Crippen LogP contribution is -2.31. The van der Waals surface area contributed by atoms with Gasteiger partial charge >= 0.3 is 0 Å². The summed E-state index contributed by atoms with van der Waals surface area (Å²) < 4.78 is 0.239. The second-order valence-electron chi connectivity index (χ2n) is 4.82. The predicted molar refractivity (Wildman–Crippen MR) is 95.9 cm³/mol. The maximum Gasteiger partial charge on any atom is 0.273 e. The maximum absolute atomic E-state index is 12.7. The van der Waals surface area contributed by atoms with E-state index in [2.05, 4.69) is 10.3 Å². The normalized spacial score (nSPS) is 15.6. The molecule has 0 radical (unpaired) electrons. The summed E-state index contributed by atoms with van der Waals surface area (Å²) in [4.78, 5) is 31.1. The molecule has 122 valence electrons. The van der Waals surface area contributed by atoms with Crippen molar-refractivity contribution in [2.24, 2.45) is 0 Å². The second kappa shape index (κ2) is 8.21. The van der Waals surface area contributed by atoms with E-state index in [0.29, 0.717) is 23.9 Å². The number of rotatable bonds is 5. The monoisotopic (exact) mass is 359 g/mol. The summed E-state index contributed by atoms with van der Waals surface area (Å²) in [6, 6.07) is 0. The van der Waals surface area contributed by atoms with Crippen molar-refractivity contribution in [3.8, 4) is 0 Å². The SMILES string of the molecule is CCN(CC)C(=O)c1nc(NC(C)=O)sc1C1SCCCS1. The Morgan fingerprint density at radius 3 is 2.45 bits per heavy atom. The van der Waals surface area contributed by atoms with Gasteiger partial charge in [-0.1, -0.05) is 11.3 Å². The predicted octanol–water partition coefficient (Wildman–Crippen LogP) is 3.45. The summed E-state index contributed by atoms with van der Waals surface area (Å²) in [7, 11) is 0. The Morgan fingerprint density at radius 2 is 1.91 bits per heavy atom. The Bertz CT molecular complexity index is 537. The molecule has 1 aliphatic rings. The van der Waals surface area contributed by atoms with E-state index in [9.17, 15) is 9.59 Å². The molecule has 0 aliphatic carbocycles. The van der Waals surface area contributed by atoms with Crippen LogP contribution in [0.5, 0.6) is 0 Å². The first-order chi connectivity index (χ1) is 10.6. The lowest BCUT2D eigenvalue weighted by Gasteiger charge is -2.22. The Labute approximate surface area is 143 Å². The summed E-state index contributed by atoms with van der Waals surface area (Å²) in [6.07, 6.45) is 1.20. The van der Waals surface area contributed by atoms with Gasteiger partial charge in [0.2, 0.25) is 5.91 Å². The molecule has 8 heteroatoms. The van der Waals surface area contributed by atoms with Gasteiger partial charge in [0.25, 0.3) is 5.91 Å². The van der Waals surface area contributed by atoms with Gasteiger partial charge in [0.05, 0.1) is 9.46 Å². The van der Waals surface area contributed by atoms with Gasteiger partial charge in [0.15, 0.2) is 5.13 Å². The molecule has 2 rings (SSSR count). The number of amides is 2. The standard InChI is InChI=1S/C14H21N3O2S3/c1-4-17(5-2)12(19)10-11(13-20-7-6-8-21-13)22-14(16-10)15-9(3)18/h13H,4-8H2,1-3H3,(H,15,16,18). The van der Waals surface area contributed by atoms with E-state index < -0.39 is 0 Å². The molecule has 22 heavy (non-hydrogen) atoms. The van der Waals surface area contributed by atoms with E-state index in [0.717, 1.165) is 16.4 Å². The molecule has 1 N–H and O–H groups in total. The highest BCUT2D eigenvalue weighted by Gasteiger charge is 2.29. The van der Waals surface area contributed by atoms with E-state index >= 15 is 0 Å². The number of thioether (sulfide) groups is 2. The van der Waals surface area contributed by atoms with Crippen LogP contribution in [-0.4, -0.2) is 46.3 Å². The Kier molecular flexibility index (Phi) is 6.58. The number of hydrogen-bond acceptors (Lipinski definition) is 6. The number of thiazole rings is 1. The molecule has 2 heterocycles. The van der Waals surface area contributed by atoms with Gasteiger partial charge in [-0.15, -0.1) is 23.5 Å². The molecule has 0 aromatic carbocycles. The minimum Gasteiger partial charge on any atom is -0.338 e. The first-order valence-electron chi connectivity index (χ1n) is 7.37. The van der Waals surface area contributed by atoms with E-state index in [1.54, 1.807) is 4.90 Å². The first-order valence-corrected chi connectivity index (χ1v) is 10.3. The molecule has 0 unspecified atom stereocenters. The van der Waals surface area contributed by atoms with Crippen LogP contribution in [0.3, 0.4) is 0 Å².